The lowest BCUT2D eigenvalue weighted by molar-refractivity contribution is 0.0946. The maximum atomic E-state index is 12.5. The van der Waals surface area contributed by atoms with Gasteiger partial charge in [0.1, 0.15) is 18.7 Å². The van der Waals surface area contributed by atoms with Crippen molar-refractivity contribution in [2.75, 3.05) is 64.5 Å². The van der Waals surface area contributed by atoms with Crippen LogP contribution in [-0.4, -0.2) is 75.4 Å². The van der Waals surface area contributed by atoms with Crippen LogP contribution in [0.2, 0.25) is 5.02 Å². The van der Waals surface area contributed by atoms with Crippen LogP contribution in [0, 0.1) is 0 Å². The molecular formula is C23H25ClN4O4S. The highest BCUT2D eigenvalue weighted by Gasteiger charge is 2.22. The molecule has 33 heavy (non-hydrogen) atoms. The van der Waals surface area contributed by atoms with Crippen LogP contribution in [0.5, 0.6) is 17.2 Å². The van der Waals surface area contributed by atoms with Crippen molar-refractivity contribution >= 4 is 44.2 Å². The molecule has 0 bridgehead atoms. The van der Waals surface area contributed by atoms with E-state index in [2.05, 4.69) is 15.1 Å². The number of carbonyl (C=O) groups excluding carboxylic acids is 1. The monoisotopic (exact) mass is 488 g/mol. The lowest BCUT2D eigenvalue weighted by atomic mass is 10.2. The summed E-state index contributed by atoms with van der Waals surface area (Å²) >= 11 is 7.89. The summed E-state index contributed by atoms with van der Waals surface area (Å²) in [7, 11) is 1.62. The molecule has 5 rings (SSSR count). The Balaban J connectivity index is 1.12. The van der Waals surface area contributed by atoms with E-state index in [-0.39, 0.29) is 5.91 Å². The molecule has 0 unspecified atom stereocenters. The van der Waals surface area contributed by atoms with Gasteiger partial charge in [0.05, 0.1) is 16.8 Å². The minimum atomic E-state index is -0.104. The third-order valence-corrected chi connectivity index (χ3v) is 7.20. The van der Waals surface area contributed by atoms with E-state index in [0.717, 1.165) is 48.1 Å². The molecule has 0 radical (unpaired) electrons. The molecule has 0 spiro atoms. The van der Waals surface area contributed by atoms with Crippen molar-refractivity contribution in [3.05, 3.63) is 40.9 Å². The topological polar surface area (TPSA) is 76.2 Å². The quantitative estimate of drug-likeness (QED) is 0.570. The van der Waals surface area contributed by atoms with Gasteiger partial charge in [0.2, 0.25) is 0 Å². The van der Waals surface area contributed by atoms with Gasteiger partial charge in [0, 0.05) is 44.8 Å². The largest absolute Gasteiger partial charge is 0.493 e. The van der Waals surface area contributed by atoms with Crippen molar-refractivity contribution in [1.29, 1.82) is 0 Å². The van der Waals surface area contributed by atoms with E-state index in [1.807, 2.05) is 12.1 Å². The maximum absolute atomic E-state index is 12.5. The maximum Gasteiger partial charge on any atom is 0.251 e. The van der Waals surface area contributed by atoms with Gasteiger partial charge < -0.3 is 24.4 Å². The number of aromatic nitrogens is 1. The summed E-state index contributed by atoms with van der Waals surface area (Å²) < 4.78 is 17.6. The molecule has 1 aromatic heterocycles. The van der Waals surface area contributed by atoms with Crippen LogP contribution in [-0.2, 0) is 0 Å². The first-order valence-electron chi connectivity index (χ1n) is 10.9. The average molecular weight is 489 g/mol. The number of halogens is 1. The SMILES string of the molecule is COc1c(Cl)ccc2sc(N3CCN(CCNC(=O)c4ccc5c(c4)OCCO5)CC3)nc12. The molecule has 0 atom stereocenters. The van der Waals surface area contributed by atoms with Crippen LogP contribution in [0.3, 0.4) is 0 Å². The molecule has 2 aliphatic rings. The van der Waals surface area contributed by atoms with E-state index >= 15 is 0 Å². The molecule has 8 nitrogen and oxygen atoms in total. The Labute approximate surface area is 201 Å². The number of ether oxygens (including phenoxy) is 3. The number of rotatable bonds is 6. The number of amides is 1. The minimum Gasteiger partial charge on any atom is -0.493 e. The summed E-state index contributed by atoms with van der Waals surface area (Å²) in [6.45, 7) is 6.01. The number of piperazine rings is 1. The van der Waals surface area contributed by atoms with Gasteiger partial charge in [-0.2, -0.15) is 0 Å². The predicted molar refractivity (Wildman–Crippen MR) is 130 cm³/mol. The van der Waals surface area contributed by atoms with Gasteiger partial charge in [0.15, 0.2) is 22.4 Å². The van der Waals surface area contributed by atoms with Gasteiger partial charge in [-0.3, -0.25) is 9.69 Å². The number of fused-ring (bicyclic) bond motifs is 2. The predicted octanol–water partition coefficient (Wildman–Crippen LogP) is 3.28. The van der Waals surface area contributed by atoms with Gasteiger partial charge >= 0.3 is 0 Å². The molecule has 174 valence electrons. The zero-order valence-electron chi connectivity index (χ0n) is 18.3. The second-order valence-corrected chi connectivity index (χ2v) is 9.28. The van der Waals surface area contributed by atoms with Gasteiger partial charge in [-0.25, -0.2) is 4.98 Å². The zero-order valence-corrected chi connectivity index (χ0v) is 19.9. The van der Waals surface area contributed by atoms with Crippen molar-refractivity contribution in [3.8, 4) is 17.2 Å². The number of carbonyl (C=O) groups is 1. The van der Waals surface area contributed by atoms with Crippen LogP contribution in [0.1, 0.15) is 10.4 Å². The molecule has 3 aromatic rings. The molecule has 0 aliphatic carbocycles. The molecule has 1 amide bonds. The molecule has 1 saturated heterocycles. The van der Waals surface area contributed by atoms with E-state index < -0.39 is 0 Å². The van der Waals surface area contributed by atoms with E-state index in [1.54, 1.807) is 36.6 Å². The average Bonchev–Trinajstić information content (AvgIpc) is 3.28. The summed E-state index contributed by atoms with van der Waals surface area (Å²) in [6.07, 6.45) is 0. The number of hydrogen-bond donors (Lipinski definition) is 1. The molecule has 10 heteroatoms. The number of nitrogens with zero attached hydrogens (tertiary/aromatic N) is 3. The fourth-order valence-corrected chi connectivity index (χ4v) is 5.29. The highest BCUT2D eigenvalue weighted by atomic mass is 35.5. The third-order valence-electron chi connectivity index (χ3n) is 5.82. The van der Waals surface area contributed by atoms with Crippen LogP contribution >= 0.6 is 22.9 Å². The van der Waals surface area contributed by atoms with E-state index in [9.17, 15) is 4.79 Å². The minimum absolute atomic E-state index is 0.104. The number of methoxy groups -OCH3 is 1. The first-order valence-corrected chi connectivity index (χ1v) is 12.1. The molecule has 1 N–H and O–H groups in total. The lowest BCUT2D eigenvalue weighted by Gasteiger charge is -2.34. The Kier molecular flexibility index (Phi) is 6.43. The third kappa shape index (κ3) is 4.66. The van der Waals surface area contributed by atoms with Crippen molar-refractivity contribution in [3.63, 3.8) is 0 Å². The van der Waals surface area contributed by atoms with Crippen molar-refractivity contribution < 1.29 is 19.0 Å². The van der Waals surface area contributed by atoms with Crippen molar-refractivity contribution in [1.82, 2.24) is 15.2 Å². The Morgan fingerprint density at radius 1 is 1.15 bits per heavy atom. The van der Waals surface area contributed by atoms with Crippen LogP contribution in [0.15, 0.2) is 30.3 Å². The molecule has 2 aromatic carbocycles. The van der Waals surface area contributed by atoms with Crippen LogP contribution in [0.25, 0.3) is 10.2 Å². The highest BCUT2D eigenvalue weighted by molar-refractivity contribution is 7.22. The van der Waals surface area contributed by atoms with Crippen molar-refractivity contribution in [2.24, 2.45) is 0 Å². The summed E-state index contributed by atoms with van der Waals surface area (Å²) in [5.41, 5.74) is 1.39. The van der Waals surface area contributed by atoms with Crippen molar-refractivity contribution in [2.45, 2.75) is 0 Å². The van der Waals surface area contributed by atoms with Gasteiger partial charge in [-0.15, -0.1) is 0 Å². The second kappa shape index (κ2) is 9.62. The summed E-state index contributed by atoms with van der Waals surface area (Å²) in [6, 6.07) is 9.13. The number of thiazole rings is 1. The molecular weight excluding hydrogens is 464 g/mol. The number of benzene rings is 2. The highest BCUT2D eigenvalue weighted by Crippen LogP contribution is 2.38. The zero-order chi connectivity index (χ0) is 22.8. The molecule has 2 aliphatic heterocycles. The Morgan fingerprint density at radius 2 is 1.94 bits per heavy atom. The standard InChI is InChI=1S/C23H25ClN4O4S/c1-30-21-16(24)3-5-19-20(21)26-23(33-19)28-10-8-27(9-11-28)7-6-25-22(29)15-2-4-17-18(14-15)32-13-12-31-17/h2-5,14H,6-13H2,1H3,(H,25,29). The van der Waals surface area contributed by atoms with Gasteiger partial charge in [0.25, 0.3) is 5.91 Å². The number of anilines is 1. The van der Waals surface area contributed by atoms with E-state index in [4.69, 9.17) is 30.8 Å². The summed E-state index contributed by atoms with van der Waals surface area (Å²) in [5, 5.41) is 4.56. The fourth-order valence-electron chi connectivity index (χ4n) is 4.04. The van der Waals surface area contributed by atoms with E-state index in [0.29, 0.717) is 47.6 Å². The lowest BCUT2D eigenvalue weighted by Crippen LogP contribution is -2.48. The number of hydrogen-bond acceptors (Lipinski definition) is 8. The fraction of sp³-hybridized carbons (Fsp3) is 0.391. The van der Waals surface area contributed by atoms with Gasteiger partial charge in [-0.1, -0.05) is 22.9 Å². The smallest absolute Gasteiger partial charge is 0.251 e. The molecule has 1 fully saturated rings. The Hall–Kier alpha value is -2.75. The van der Waals surface area contributed by atoms with Gasteiger partial charge in [-0.05, 0) is 30.3 Å². The molecule has 3 heterocycles. The molecule has 0 saturated carbocycles. The first-order chi connectivity index (χ1) is 16.1. The van der Waals surface area contributed by atoms with E-state index in [1.165, 1.54) is 0 Å². The Morgan fingerprint density at radius 3 is 2.73 bits per heavy atom. The number of nitrogens with one attached hydrogen (secondary N) is 1. The van der Waals surface area contributed by atoms with Crippen LogP contribution in [0.4, 0.5) is 5.13 Å². The Bertz CT molecular complexity index is 1160. The summed E-state index contributed by atoms with van der Waals surface area (Å²) in [4.78, 5) is 21.9. The first kappa shape index (κ1) is 22.1. The summed E-state index contributed by atoms with van der Waals surface area (Å²) in [5.74, 6) is 1.84. The van der Waals surface area contributed by atoms with Crippen LogP contribution < -0.4 is 24.4 Å². The second-order valence-electron chi connectivity index (χ2n) is 7.87. The normalized spacial score (nSPS) is 16.1.